The lowest BCUT2D eigenvalue weighted by Crippen LogP contribution is -2.44. The molecular weight excluding hydrogens is 484 g/mol. The molecule has 0 unspecified atom stereocenters. The van der Waals surface area contributed by atoms with Crippen LogP contribution in [0, 0.1) is 0 Å². The molecule has 0 saturated carbocycles. The van der Waals surface area contributed by atoms with Gasteiger partial charge < -0.3 is 30.5 Å². The Hall–Kier alpha value is -3.90. The van der Waals surface area contributed by atoms with Crippen LogP contribution in [0.5, 0.6) is 0 Å². The molecule has 1 aromatic heterocycles. The summed E-state index contributed by atoms with van der Waals surface area (Å²) in [7, 11) is 0. The number of unbranched alkanes of at least 4 members (excludes halogenated alkanes) is 1. The topological polar surface area (TPSA) is 168 Å². The molecule has 0 spiro atoms. The summed E-state index contributed by atoms with van der Waals surface area (Å²) in [6.45, 7) is 5.62. The minimum atomic E-state index is -1.45. The van der Waals surface area contributed by atoms with Crippen molar-refractivity contribution in [3.63, 3.8) is 0 Å². The van der Waals surface area contributed by atoms with Crippen molar-refractivity contribution in [3.05, 3.63) is 69.6 Å². The third kappa shape index (κ3) is 9.94. The molecule has 5 N–H and O–H groups in total. The van der Waals surface area contributed by atoms with Crippen LogP contribution in [0.1, 0.15) is 66.4 Å². The second-order valence-corrected chi connectivity index (χ2v) is 9.25. The predicted molar refractivity (Wildman–Crippen MR) is 134 cm³/mol. The third-order valence-electron chi connectivity index (χ3n) is 5.03. The zero-order chi connectivity index (χ0) is 27.4. The lowest BCUT2D eigenvalue weighted by molar-refractivity contribution is 0.0526. The molecule has 1 heterocycles. The fourth-order valence-electron chi connectivity index (χ4n) is 3.31. The Kier molecular flexibility index (Phi) is 11.1. The smallest absolute Gasteiger partial charge is 0.407 e. The van der Waals surface area contributed by atoms with Crippen molar-refractivity contribution in [2.24, 2.45) is 0 Å². The molecule has 0 aliphatic carbocycles. The molecule has 0 fully saturated rings. The number of hydrogen-bond donors (Lipinski definition) is 5. The highest BCUT2D eigenvalue weighted by Gasteiger charge is 2.22. The van der Waals surface area contributed by atoms with Gasteiger partial charge in [-0.2, -0.15) is 0 Å². The Morgan fingerprint density at radius 2 is 1.76 bits per heavy atom. The van der Waals surface area contributed by atoms with Gasteiger partial charge in [-0.15, -0.1) is 4.73 Å². The number of rotatable bonds is 13. The zero-order valence-corrected chi connectivity index (χ0v) is 21.2. The van der Waals surface area contributed by atoms with Gasteiger partial charge in [0, 0.05) is 19.1 Å². The maximum atomic E-state index is 13.0. The Morgan fingerprint density at radius 1 is 1.05 bits per heavy atom. The van der Waals surface area contributed by atoms with Gasteiger partial charge in [0.25, 0.3) is 11.5 Å². The third-order valence-corrected chi connectivity index (χ3v) is 5.03. The molecular formula is C25H34N4O8. The molecule has 2 amide bonds. The number of carbonyl (C=O) groups excluding carboxylic acids is 2. The first-order chi connectivity index (χ1) is 17.5. The lowest BCUT2D eigenvalue weighted by atomic mass is 10.1. The SMILES string of the molecule is CC(C)(C)OC(=O)NCCCC[C@@H](CNO)NC(=O)c1ccc(C(=O)O)c(=O)n1OCc1ccccc1. The van der Waals surface area contributed by atoms with Gasteiger partial charge >= 0.3 is 12.1 Å². The molecule has 2 aromatic rings. The largest absolute Gasteiger partial charge is 0.477 e. The standard InChI is InChI=1S/C25H34N4O8/c1-25(2,3)37-24(34)26-14-8-7-11-18(15-27-35)28-21(30)20-13-12-19(23(32)33)22(31)29(20)36-16-17-9-5-4-6-10-17/h4-6,9-10,12-13,18,27,35H,7-8,11,14-16H2,1-3H3,(H,26,34)(H,28,30)(H,32,33)/t18-/m0/s1. The summed E-state index contributed by atoms with van der Waals surface area (Å²) in [4.78, 5) is 54.5. The number of nitrogens with one attached hydrogen (secondary N) is 3. The number of alkyl carbamates (subject to hydrolysis) is 1. The summed E-state index contributed by atoms with van der Waals surface area (Å²) in [5, 5.41) is 23.9. The minimum Gasteiger partial charge on any atom is -0.477 e. The van der Waals surface area contributed by atoms with Gasteiger partial charge in [0.1, 0.15) is 23.5 Å². The van der Waals surface area contributed by atoms with Gasteiger partial charge in [0.2, 0.25) is 0 Å². The van der Waals surface area contributed by atoms with Crippen molar-refractivity contribution in [3.8, 4) is 0 Å². The summed E-state index contributed by atoms with van der Waals surface area (Å²) in [5.74, 6) is -2.13. The van der Waals surface area contributed by atoms with Crippen molar-refractivity contribution in [2.75, 3.05) is 13.1 Å². The molecule has 1 atom stereocenters. The number of nitrogens with zero attached hydrogens (tertiary/aromatic N) is 1. The van der Waals surface area contributed by atoms with Crippen LogP contribution in [-0.2, 0) is 11.3 Å². The molecule has 0 saturated heterocycles. The van der Waals surface area contributed by atoms with E-state index in [1.165, 1.54) is 6.07 Å². The van der Waals surface area contributed by atoms with E-state index in [0.29, 0.717) is 36.1 Å². The van der Waals surface area contributed by atoms with E-state index in [-0.39, 0.29) is 18.8 Å². The van der Waals surface area contributed by atoms with Gasteiger partial charge in [-0.3, -0.25) is 9.59 Å². The van der Waals surface area contributed by atoms with E-state index >= 15 is 0 Å². The number of carbonyl (C=O) groups is 3. The Labute approximate surface area is 214 Å². The second kappa shape index (κ2) is 14.0. The van der Waals surface area contributed by atoms with Crippen molar-refractivity contribution in [2.45, 2.75) is 58.3 Å². The molecule has 12 nitrogen and oxygen atoms in total. The van der Waals surface area contributed by atoms with Crippen LogP contribution >= 0.6 is 0 Å². The van der Waals surface area contributed by atoms with Gasteiger partial charge in [-0.1, -0.05) is 30.3 Å². The van der Waals surface area contributed by atoms with E-state index in [4.69, 9.17) is 9.57 Å². The summed E-state index contributed by atoms with van der Waals surface area (Å²) in [6, 6.07) is 10.6. The maximum Gasteiger partial charge on any atom is 0.407 e. The number of carboxylic acids is 1. The monoisotopic (exact) mass is 518 g/mol. The van der Waals surface area contributed by atoms with E-state index in [1.54, 1.807) is 45.0 Å². The molecule has 37 heavy (non-hydrogen) atoms. The number of aromatic carboxylic acids is 1. The Morgan fingerprint density at radius 3 is 2.38 bits per heavy atom. The maximum absolute atomic E-state index is 13.0. The molecule has 202 valence electrons. The van der Waals surface area contributed by atoms with Gasteiger partial charge in [0.05, 0.1) is 0 Å². The number of hydroxylamine groups is 1. The Balaban J connectivity index is 2.05. The van der Waals surface area contributed by atoms with Crippen LogP contribution in [0.25, 0.3) is 0 Å². The second-order valence-electron chi connectivity index (χ2n) is 9.25. The number of ether oxygens (including phenoxy) is 1. The summed E-state index contributed by atoms with van der Waals surface area (Å²) in [6.07, 6.45) is 1.11. The Bertz CT molecular complexity index is 1110. The van der Waals surface area contributed by atoms with Crippen LogP contribution in [0.15, 0.2) is 47.3 Å². The number of benzene rings is 1. The van der Waals surface area contributed by atoms with Crippen LogP contribution in [0.4, 0.5) is 4.79 Å². The van der Waals surface area contributed by atoms with E-state index in [2.05, 4.69) is 10.6 Å². The predicted octanol–water partition coefficient (Wildman–Crippen LogP) is 1.95. The zero-order valence-electron chi connectivity index (χ0n) is 21.2. The fraction of sp³-hybridized carbons (Fsp3) is 0.440. The molecule has 12 heteroatoms. The lowest BCUT2D eigenvalue weighted by Gasteiger charge is -2.21. The van der Waals surface area contributed by atoms with E-state index in [9.17, 15) is 29.5 Å². The quantitative estimate of drug-likeness (QED) is 0.197. The molecule has 0 aliphatic heterocycles. The van der Waals surface area contributed by atoms with Gasteiger partial charge in [0.15, 0.2) is 0 Å². The highest BCUT2D eigenvalue weighted by Crippen LogP contribution is 2.08. The summed E-state index contributed by atoms with van der Waals surface area (Å²) in [5.41, 5.74) is 0.415. The number of pyridine rings is 1. The minimum absolute atomic E-state index is 0.0214. The number of amides is 2. The molecule has 0 aliphatic rings. The number of aromatic nitrogens is 1. The van der Waals surface area contributed by atoms with Crippen molar-refractivity contribution < 1.29 is 34.3 Å². The average Bonchev–Trinajstić information content (AvgIpc) is 2.82. The van der Waals surface area contributed by atoms with Crippen molar-refractivity contribution in [1.82, 2.24) is 20.8 Å². The van der Waals surface area contributed by atoms with E-state index in [0.717, 1.165) is 6.07 Å². The average molecular weight is 519 g/mol. The molecule has 1 aromatic carbocycles. The summed E-state index contributed by atoms with van der Waals surface area (Å²) >= 11 is 0. The first-order valence-corrected chi connectivity index (χ1v) is 11.8. The molecule has 2 rings (SSSR count). The van der Waals surface area contributed by atoms with Crippen LogP contribution in [0.2, 0.25) is 0 Å². The number of hydrogen-bond acceptors (Lipinski definition) is 8. The van der Waals surface area contributed by atoms with Crippen molar-refractivity contribution in [1.29, 1.82) is 0 Å². The normalized spacial score (nSPS) is 11.9. The highest BCUT2D eigenvalue weighted by molar-refractivity contribution is 5.94. The van der Waals surface area contributed by atoms with Crippen LogP contribution in [0.3, 0.4) is 0 Å². The molecule has 0 radical (unpaired) electrons. The first kappa shape index (κ1) is 29.3. The van der Waals surface area contributed by atoms with E-state index < -0.39 is 40.7 Å². The number of carboxylic acid groups (broad SMARTS) is 1. The fourth-order valence-corrected chi connectivity index (χ4v) is 3.31. The van der Waals surface area contributed by atoms with E-state index in [1.807, 2.05) is 11.5 Å². The highest BCUT2D eigenvalue weighted by atomic mass is 16.7. The summed E-state index contributed by atoms with van der Waals surface area (Å²) < 4.78 is 5.84. The first-order valence-electron chi connectivity index (χ1n) is 11.8. The van der Waals surface area contributed by atoms with Gasteiger partial charge in [-0.25, -0.2) is 15.1 Å². The molecule has 0 bridgehead atoms. The van der Waals surface area contributed by atoms with Crippen molar-refractivity contribution >= 4 is 18.0 Å². The van der Waals surface area contributed by atoms with Gasteiger partial charge in [-0.05, 0) is 57.7 Å². The van der Waals surface area contributed by atoms with Crippen LogP contribution in [-0.4, -0.2) is 57.7 Å². The van der Waals surface area contributed by atoms with Crippen LogP contribution < -0.4 is 26.5 Å².